The highest BCUT2D eigenvalue weighted by atomic mass is 15.1. The second kappa shape index (κ2) is 12.7. The van der Waals surface area contributed by atoms with Crippen LogP contribution in [0.4, 0.5) is 17.1 Å². The summed E-state index contributed by atoms with van der Waals surface area (Å²) in [7, 11) is 0. The Labute approximate surface area is 289 Å². The lowest BCUT2D eigenvalue weighted by Crippen LogP contribution is -2.12. The molecule has 0 radical (unpaired) electrons. The molecule has 0 amide bonds. The zero-order valence-corrected chi connectivity index (χ0v) is 27.7. The third-order valence-corrected chi connectivity index (χ3v) is 10.7. The predicted molar refractivity (Wildman–Crippen MR) is 210 cm³/mol. The van der Waals surface area contributed by atoms with Gasteiger partial charge in [-0.2, -0.15) is 0 Å². The van der Waals surface area contributed by atoms with Crippen molar-refractivity contribution in [1.82, 2.24) is 0 Å². The Balaban J connectivity index is 1.29. The highest BCUT2D eigenvalue weighted by molar-refractivity contribution is 6.13. The van der Waals surface area contributed by atoms with Crippen molar-refractivity contribution in [3.05, 3.63) is 175 Å². The normalized spacial score (nSPS) is 13.6. The van der Waals surface area contributed by atoms with E-state index in [4.69, 9.17) is 0 Å². The summed E-state index contributed by atoms with van der Waals surface area (Å²) in [6.07, 6.45) is 6.55. The third kappa shape index (κ3) is 5.27. The Bertz CT molecular complexity index is 2430. The second-order valence-electron chi connectivity index (χ2n) is 13.5. The molecule has 236 valence electrons. The van der Waals surface area contributed by atoms with Crippen molar-refractivity contribution in [2.75, 3.05) is 4.90 Å². The van der Waals surface area contributed by atoms with E-state index in [0.29, 0.717) is 5.92 Å². The summed E-state index contributed by atoms with van der Waals surface area (Å²) in [4.78, 5) is 2.48. The molecular weight excluding hydrogens is 591 g/mol. The van der Waals surface area contributed by atoms with Crippen LogP contribution in [0.15, 0.2) is 170 Å². The van der Waals surface area contributed by atoms with Gasteiger partial charge in [-0.1, -0.05) is 165 Å². The molecule has 1 aliphatic rings. The summed E-state index contributed by atoms with van der Waals surface area (Å²) in [5.41, 5.74) is 10.00. The molecular formula is C48H39N. The van der Waals surface area contributed by atoms with E-state index in [1.807, 2.05) is 0 Å². The number of rotatable bonds is 6. The first kappa shape index (κ1) is 29.5. The number of hydrogen-bond acceptors (Lipinski definition) is 1. The number of benzene rings is 8. The van der Waals surface area contributed by atoms with Crippen molar-refractivity contribution < 1.29 is 0 Å². The molecule has 1 aliphatic carbocycles. The lowest BCUT2D eigenvalue weighted by atomic mass is 9.80. The van der Waals surface area contributed by atoms with Gasteiger partial charge in [-0.25, -0.2) is 0 Å². The van der Waals surface area contributed by atoms with Crippen molar-refractivity contribution in [2.45, 2.75) is 38.0 Å². The van der Waals surface area contributed by atoms with E-state index in [2.05, 4.69) is 175 Å². The summed E-state index contributed by atoms with van der Waals surface area (Å²) >= 11 is 0. The fraction of sp³-hybridized carbons (Fsp3) is 0.125. The first-order valence-corrected chi connectivity index (χ1v) is 17.8. The maximum absolute atomic E-state index is 2.48. The molecule has 0 aromatic heterocycles. The first-order valence-electron chi connectivity index (χ1n) is 17.8. The van der Waals surface area contributed by atoms with Crippen LogP contribution in [0.5, 0.6) is 0 Å². The van der Waals surface area contributed by atoms with Crippen LogP contribution in [0.1, 0.15) is 43.6 Å². The summed E-state index contributed by atoms with van der Waals surface area (Å²) in [5.74, 6) is 0.610. The highest BCUT2D eigenvalue weighted by Gasteiger charge is 2.24. The first-order chi connectivity index (χ1) is 24.3. The van der Waals surface area contributed by atoms with Gasteiger partial charge in [-0.05, 0) is 92.0 Å². The molecule has 0 saturated heterocycles. The van der Waals surface area contributed by atoms with Crippen molar-refractivity contribution >= 4 is 49.4 Å². The smallest absolute Gasteiger partial charge is 0.0540 e. The van der Waals surface area contributed by atoms with Gasteiger partial charge < -0.3 is 4.90 Å². The van der Waals surface area contributed by atoms with E-state index in [0.717, 1.165) is 11.4 Å². The zero-order valence-electron chi connectivity index (χ0n) is 27.7. The van der Waals surface area contributed by atoms with Crippen LogP contribution in [0.2, 0.25) is 0 Å². The van der Waals surface area contributed by atoms with Crippen LogP contribution in [-0.2, 0) is 0 Å². The number of nitrogens with zero attached hydrogens (tertiary/aromatic N) is 1. The summed E-state index contributed by atoms with van der Waals surface area (Å²) < 4.78 is 0. The summed E-state index contributed by atoms with van der Waals surface area (Å²) in [6.45, 7) is 0. The molecule has 1 nitrogen and oxygen atoms in total. The fourth-order valence-corrected chi connectivity index (χ4v) is 8.40. The van der Waals surface area contributed by atoms with Crippen molar-refractivity contribution in [2.24, 2.45) is 0 Å². The molecule has 0 spiro atoms. The maximum atomic E-state index is 2.48. The SMILES string of the molecule is c1ccc(N(c2ccccc2-c2cccc3c2ccc2ccccc23)c2ccccc2-c2cccc3cccc(C4CCCCC4)c23)cc1. The molecule has 1 fully saturated rings. The highest BCUT2D eigenvalue weighted by Crippen LogP contribution is 2.48. The van der Waals surface area contributed by atoms with Gasteiger partial charge in [0.2, 0.25) is 0 Å². The largest absolute Gasteiger partial charge is 0.309 e. The molecule has 8 aromatic carbocycles. The van der Waals surface area contributed by atoms with Crippen LogP contribution in [-0.4, -0.2) is 0 Å². The monoisotopic (exact) mass is 629 g/mol. The van der Waals surface area contributed by atoms with E-state index < -0.39 is 0 Å². The van der Waals surface area contributed by atoms with Gasteiger partial charge in [0.05, 0.1) is 11.4 Å². The Hall–Kier alpha value is -5.66. The van der Waals surface area contributed by atoms with Gasteiger partial charge in [0.1, 0.15) is 0 Å². The summed E-state index contributed by atoms with van der Waals surface area (Å²) in [5, 5.41) is 7.83. The van der Waals surface area contributed by atoms with Crippen LogP contribution >= 0.6 is 0 Å². The topological polar surface area (TPSA) is 3.24 Å². The minimum absolute atomic E-state index is 0.610. The van der Waals surface area contributed by atoms with Crippen LogP contribution in [0.3, 0.4) is 0 Å². The predicted octanol–water partition coefficient (Wildman–Crippen LogP) is 14.0. The third-order valence-electron chi connectivity index (χ3n) is 10.7. The summed E-state index contributed by atoms with van der Waals surface area (Å²) in [6, 6.07) is 62.7. The molecule has 9 rings (SSSR count). The van der Waals surface area contributed by atoms with Crippen LogP contribution in [0.25, 0.3) is 54.6 Å². The van der Waals surface area contributed by atoms with Gasteiger partial charge in [-0.15, -0.1) is 0 Å². The number of fused-ring (bicyclic) bond motifs is 4. The van der Waals surface area contributed by atoms with Crippen molar-refractivity contribution in [3.8, 4) is 22.3 Å². The van der Waals surface area contributed by atoms with Crippen LogP contribution in [0, 0.1) is 0 Å². The standard InChI is InChI=1S/C48H39N/c1-3-16-34(17-4-1)39-26-13-19-36-20-14-29-45(48(36)39)44-25-10-12-31-47(44)49(37-21-5-2-6-22-37)46-30-11-9-24-43(46)41-28-15-27-40-38-23-8-7-18-35(38)32-33-42(40)41/h2,5-15,18-34H,1,3-4,16-17H2. The van der Waals surface area contributed by atoms with Crippen molar-refractivity contribution in [3.63, 3.8) is 0 Å². The molecule has 1 saturated carbocycles. The molecule has 0 bridgehead atoms. The number of hydrogen-bond donors (Lipinski definition) is 0. The molecule has 0 N–H and O–H groups in total. The van der Waals surface area contributed by atoms with E-state index >= 15 is 0 Å². The molecule has 1 heteroatoms. The second-order valence-corrected chi connectivity index (χ2v) is 13.5. The lowest BCUT2D eigenvalue weighted by molar-refractivity contribution is 0.445. The van der Waals surface area contributed by atoms with Gasteiger partial charge in [-0.3, -0.25) is 0 Å². The van der Waals surface area contributed by atoms with Gasteiger partial charge >= 0.3 is 0 Å². The Morgan fingerprint density at radius 1 is 0.367 bits per heavy atom. The average molecular weight is 630 g/mol. The number of para-hydroxylation sites is 3. The zero-order chi connectivity index (χ0) is 32.6. The minimum atomic E-state index is 0.610. The molecule has 0 unspecified atom stereocenters. The van der Waals surface area contributed by atoms with Gasteiger partial charge in [0, 0.05) is 16.8 Å². The Kier molecular flexibility index (Phi) is 7.67. The van der Waals surface area contributed by atoms with E-state index in [1.54, 1.807) is 0 Å². The van der Waals surface area contributed by atoms with E-state index in [1.165, 1.54) is 97.9 Å². The molecule has 0 atom stereocenters. The lowest BCUT2D eigenvalue weighted by Gasteiger charge is -2.31. The van der Waals surface area contributed by atoms with Gasteiger partial charge in [0.25, 0.3) is 0 Å². The molecule has 0 heterocycles. The average Bonchev–Trinajstić information content (AvgIpc) is 3.18. The minimum Gasteiger partial charge on any atom is -0.309 e. The maximum Gasteiger partial charge on any atom is 0.0540 e. The van der Waals surface area contributed by atoms with Crippen molar-refractivity contribution in [1.29, 1.82) is 0 Å². The number of anilines is 3. The quantitative estimate of drug-likeness (QED) is 0.165. The Morgan fingerprint density at radius 3 is 1.73 bits per heavy atom. The van der Waals surface area contributed by atoms with E-state index in [9.17, 15) is 0 Å². The fourth-order valence-electron chi connectivity index (χ4n) is 8.40. The molecule has 8 aromatic rings. The van der Waals surface area contributed by atoms with Gasteiger partial charge in [0.15, 0.2) is 0 Å². The molecule has 49 heavy (non-hydrogen) atoms. The van der Waals surface area contributed by atoms with E-state index in [-0.39, 0.29) is 0 Å². The van der Waals surface area contributed by atoms with Crippen LogP contribution < -0.4 is 4.90 Å². The Morgan fingerprint density at radius 2 is 0.939 bits per heavy atom. The molecule has 0 aliphatic heterocycles.